The Morgan fingerprint density at radius 3 is 1.43 bits per heavy atom. The molecule has 0 fully saturated rings. The average Bonchev–Trinajstić information content (AvgIpc) is 3.86. The summed E-state index contributed by atoms with van der Waals surface area (Å²) in [5.41, 5.74) is 18.0. The van der Waals surface area contributed by atoms with Crippen molar-refractivity contribution in [2.24, 2.45) is 0 Å². The van der Waals surface area contributed by atoms with E-state index in [1.165, 1.54) is 66.4 Å². The minimum atomic E-state index is 0.295. The van der Waals surface area contributed by atoms with Crippen molar-refractivity contribution in [3.63, 3.8) is 0 Å². The standard InChI is InChI=1S/C42H30N2/c1-3-25-26(4-2)30-19-29(25)37-33-21-36-34(22-35(33)43-41(39(30)37)23-13-7-5-8-14-23)38-31-20-32(28-18-12-11-17-27(28)31)40(38)42(44-36)24-15-9-6-10-16-24/h3-18,21-22,29-32H,1-2,19-20H2. The van der Waals surface area contributed by atoms with Gasteiger partial charge < -0.3 is 0 Å². The lowest BCUT2D eigenvalue weighted by atomic mass is 9.80. The molecular weight excluding hydrogens is 532 g/mol. The van der Waals surface area contributed by atoms with Crippen LogP contribution < -0.4 is 0 Å². The van der Waals surface area contributed by atoms with Crippen LogP contribution in [0.15, 0.2) is 134 Å². The van der Waals surface area contributed by atoms with Crippen molar-refractivity contribution in [3.8, 4) is 22.5 Å². The van der Waals surface area contributed by atoms with E-state index in [1.807, 2.05) is 6.08 Å². The number of allylic oxidation sites excluding steroid dienone is 4. The zero-order valence-corrected chi connectivity index (χ0v) is 24.4. The molecule has 10 rings (SSSR count). The molecule has 0 aliphatic heterocycles. The number of rotatable bonds is 4. The highest BCUT2D eigenvalue weighted by molar-refractivity contribution is 6.03. The van der Waals surface area contributed by atoms with Crippen molar-refractivity contribution in [2.75, 3.05) is 0 Å². The molecule has 2 heteroatoms. The molecule has 4 aliphatic carbocycles. The summed E-state index contributed by atoms with van der Waals surface area (Å²) in [6, 6.07) is 35.3. The molecule has 0 saturated carbocycles. The van der Waals surface area contributed by atoms with E-state index in [2.05, 4.69) is 116 Å². The molecule has 6 aromatic rings. The molecule has 0 spiro atoms. The van der Waals surface area contributed by atoms with Crippen molar-refractivity contribution in [3.05, 3.63) is 167 Å². The van der Waals surface area contributed by atoms with E-state index in [9.17, 15) is 0 Å². The number of aromatic nitrogens is 2. The third-order valence-corrected chi connectivity index (χ3v) is 11.0. The summed E-state index contributed by atoms with van der Waals surface area (Å²) in [7, 11) is 0. The van der Waals surface area contributed by atoms with Gasteiger partial charge in [0, 0.05) is 45.6 Å². The third-order valence-electron chi connectivity index (χ3n) is 11.0. The van der Waals surface area contributed by atoms with Crippen LogP contribution in [0.5, 0.6) is 0 Å². The van der Waals surface area contributed by atoms with E-state index in [0.29, 0.717) is 23.7 Å². The Morgan fingerprint density at radius 2 is 0.909 bits per heavy atom. The highest BCUT2D eigenvalue weighted by atomic mass is 14.8. The van der Waals surface area contributed by atoms with E-state index in [4.69, 9.17) is 9.97 Å². The van der Waals surface area contributed by atoms with Gasteiger partial charge in [-0.1, -0.05) is 110 Å². The molecule has 0 N–H and O–H groups in total. The van der Waals surface area contributed by atoms with Crippen molar-refractivity contribution < 1.29 is 0 Å². The Morgan fingerprint density at radius 1 is 0.500 bits per heavy atom. The highest BCUT2D eigenvalue weighted by Crippen LogP contribution is 2.62. The number of pyridine rings is 2. The number of fused-ring (bicyclic) bond motifs is 17. The number of benzene rings is 4. The maximum atomic E-state index is 5.52. The summed E-state index contributed by atoms with van der Waals surface area (Å²) < 4.78 is 0. The second-order valence-electron chi connectivity index (χ2n) is 12.8. The van der Waals surface area contributed by atoms with E-state index in [-0.39, 0.29) is 0 Å². The third kappa shape index (κ3) is 3.00. The summed E-state index contributed by atoms with van der Waals surface area (Å²) in [6.07, 6.45) is 6.30. The molecule has 0 amide bonds. The normalized spacial score (nSPS) is 22.0. The number of hydrogen-bond donors (Lipinski definition) is 0. The van der Waals surface area contributed by atoms with Crippen LogP contribution in [0.3, 0.4) is 0 Å². The van der Waals surface area contributed by atoms with E-state index in [1.54, 1.807) is 0 Å². The van der Waals surface area contributed by atoms with Gasteiger partial charge in [-0.25, -0.2) is 9.97 Å². The summed E-state index contributed by atoms with van der Waals surface area (Å²) >= 11 is 0. The smallest absolute Gasteiger partial charge is 0.0750 e. The van der Waals surface area contributed by atoms with Crippen LogP contribution >= 0.6 is 0 Å². The molecule has 2 heterocycles. The lowest BCUT2D eigenvalue weighted by molar-refractivity contribution is 0.786. The minimum Gasteiger partial charge on any atom is -0.247 e. The van der Waals surface area contributed by atoms with Crippen molar-refractivity contribution in [2.45, 2.75) is 36.5 Å². The van der Waals surface area contributed by atoms with Gasteiger partial charge in [-0.05, 0) is 69.5 Å². The van der Waals surface area contributed by atoms with Gasteiger partial charge in [0.2, 0.25) is 0 Å². The predicted molar refractivity (Wildman–Crippen MR) is 180 cm³/mol. The van der Waals surface area contributed by atoms with Gasteiger partial charge in [0.1, 0.15) is 0 Å². The largest absolute Gasteiger partial charge is 0.247 e. The number of nitrogens with zero attached hydrogens (tertiary/aromatic N) is 2. The number of hydrogen-bond acceptors (Lipinski definition) is 2. The summed E-state index contributed by atoms with van der Waals surface area (Å²) in [5, 5.41) is 2.49. The average molecular weight is 563 g/mol. The molecule has 4 atom stereocenters. The fraction of sp³-hybridized carbons (Fsp3) is 0.143. The monoisotopic (exact) mass is 562 g/mol. The van der Waals surface area contributed by atoms with Gasteiger partial charge in [0.05, 0.1) is 22.4 Å². The molecule has 2 nitrogen and oxygen atoms in total. The molecule has 0 saturated heterocycles. The molecule has 4 aromatic carbocycles. The van der Waals surface area contributed by atoms with Gasteiger partial charge in [-0.15, -0.1) is 0 Å². The molecule has 0 radical (unpaired) electrons. The maximum absolute atomic E-state index is 5.52. The van der Waals surface area contributed by atoms with Gasteiger partial charge in [0.25, 0.3) is 0 Å². The first-order valence-corrected chi connectivity index (χ1v) is 15.8. The van der Waals surface area contributed by atoms with Gasteiger partial charge in [-0.3, -0.25) is 0 Å². The second-order valence-corrected chi connectivity index (χ2v) is 12.8. The van der Waals surface area contributed by atoms with Crippen LogP contribution in [0.4, 0.5) is 0 Å². The lowest BCUT2D eigenvalue weighted by Crippen LogP contribution is -2.09. The van der Waals surface area contributed by atoms with Crippen LogP contribution in [-0.2, 0) is 0 Å². The summed E-state index contributed by atoms with van der Waals surface area (Å²) in [6.45, 7) is 8.44. The van der Waals surface area contributed by atoms with E-state index in [0.717, 1.165) is 35.3 Å². The molecule has 4 unspecified atom stereocenters. The van der Waals surface area contributed by atoms with Crippen LogP contribution in [0.25, 0.3) is 44.3 Å². The molecule has 208 valence electrons. The van der Waals surface area contributed by atoms with E-state index >= 15 is 0 Å². The van der Waals surface area contributed by atoms with Crippen molar-refractivity contribution in [1.29, 1.82) is 0 Å². The zero-order chi connectivity index (χ0) is 29.1. The first-order valence-electron chi connectivity index (χ1n) is 15.8. The Kier molecular flexibility index (Phi) is 4.84. The van der Waals surface area contributed by atoms with Crippen LogP contribution in [0.2, 0.25) is 0 Å². The molecule has 4 aliphatic rings. The maximum Gasteiger partial charge on any atom is 0.0750 e. The van der Waals surface area contributed by atoms with Crippen LogP contribution in [0.1, 0.15) is 69.9 Å². The van der Waals surface area contributed by atoms with Crippen molar-refractivity contribution in [1.82, 2.24) is 9.97 Å². The van der Waals surface area contributed by atoms with Crippen LogP contribution in [0, 0.1) is 0 Å². The molecular formula is C42H30N2. The van der Waals surface area contributed by atoms with Gasteiger partial charge in [-0.2, -0.15) is 0 Å². The Bertz CT molecular complexity index is 2280. The van der Waals surface area contributed by atoms with Gasteiger partial charge >= 0.3 is 0 Å². The quantitative estimate of drug-likeness (QED) is 0.200. The van der Waals surface area contributed by atoms with Crippen molar-refractivity contribution >= 4 is 21.8 Å². The molecule has 2 aromatic heterocycles. The second kappa shape index (κ2) is 8.74. The fourth-order valence-corrected chi connectivity index (χ4v) is 9.33. The SMILES string of the molecule is C=CC1=C(C=C)C2CC1c1c(-c3ccccc3)nc3cc4c5c(c(-c6ccccc6)nc4cc3c12)C1CC5c2ccccc21. The summed E-state index contributed by atoms with van der Waals surface area (Å²) in [4.78, 5) is 11.0. The predicted octanol–water partition coefficient (Wildman–Crippen LogP) is 10.4. The lowest BCUT2D eigenvalue weighted by Gasteiger charge is -2.26. The van der Waals surface area contributed by atoms with Crippen LogP contribution in [-0.4, -0.2) is 9.97 Å². The first kappa shape index (κ1) is 24.4. The zero-order valence-electron chi connectivity index (χ0n) is 24.4. The molecule has 4 bridgehead atoms. The minimum absolute atomic E-state index is 0.295. The Labute approximate surface area is 257 Å². The Balaban J connectivity index is 1.32. The van der Waals surface area contributed by atoms with E-state index < -0.39 is 0 Å². The molecule has 44 heavy (non-hydrogen) atoms. The Hall–Kier alpha value is -5.08. The first-order chi connectivity index (χ1) is 21.7. The fourth-order valence-electron chi connectivity index (χ4n) is 9.33. The summed E-state index contributed by atoms with van der Waals surface area (Å²) in [5.74, 6) is 1.37. The van der Waals surface area contributed by atoms with Gasteiger partial charge in [0.15, 0.2) is 0 Å². The topological polar surface area (TPSA) is 25.8 Å². The highest BCUT2D eigenvalue weighted by Gasteiger charge is 2.46.